The van der Waals surface area contributed by atoms with Gasteiger partial charge < -0.3 is 25.0 Å². The lowest BCUT2D eigenvalue weighted by Gasteiger charge is -2.31. The smallest absolute Gasteiger partial charge is 0.237 e. The Morgan fingerprint density at radius 2 is 1.97 bits per heavy atom. The van der Waals surface area contributed by atoms with Crippen LogP contribution >= 0.6 is 23.2 Å². The molecular weight excluding hydrogens is 489 g/mol. The third-order valence-electron chi connectivity index (χ3n) is 5.61. The van der Waals surface area contributed by atoms with E-state index in [-0.39, 0.29) is 5.71 Å². The fraction of sp³-hybridized carbons (Fsp3) is 0.292. The Kier molecular flexibility index (Phi) is 7.61. The Morgan fingerprint density at radius 3 is 2.69 bits per heavy atom. The number of rotatable bonds is 8. The van der Waals surface area contributed by atoms with Crippen molar-refractivity contribution in [1.82, 2.24) is 14.9 Å². The SMILES string of the molecule is CN(C)CCN1CCOc2ncc(C(=N)c3cc(O[C@H](N)c4c(Cl)cncc4Cl)ccc3N)cc21. The number of nitrogens with one attached hydrogen (secondary N) is 1. The molecule has 184 valence electrons. The van der Waals surface area contributed by atoms with Crippen LogP contribution in [0.25, 0.3) is 0 Å². The van der Waals surface area contributed by atoms with Gasteiger partial charge in [0.2, 0.25) is 5.88 Å². The third-order valence-corrected chi connectivity index (χ3v) is 6.21. The first-order valence-corrected chi connectivity index (χ1v) is 11.7. The van der Waals surface area contributed by atoms with Crippen molar-refractivity contribution in [3.8, 4) is 11.6 Å². The number of hydrogen-bond donors (Lipinski definition) is 3. The molecule has 4 rings (SSSR count). The van der Waals surface area contributed by atoms with Crippen molar-refractivity contribution in [2.24, 2.45) is 5.73 Å². The van der Waals surface area contributed by atoms with E-state index in [1.807, 2.05) is 20.2 Å². The second kappa shape index (κ2) is 10.7. The van der Waals surface area contributed by atoms with Gasteiger partial charge in [-0.3, -0.25) is 16.1 Å². The number of nitrogen functional groups attached to an aromatic ring is 1. The Morgan fingerprint density at radius 1 is 1.23 bits per heavy atom. The number of ether oxygens (including phenoxy) is 2. The second-order valence-electron chi connectivity index (χ2n) is 8.37. The fourth-order valence-corrected chi connectivity index (χ4v) is 4.30. The van der Waals surface area contributed by atoms with Crippen LogP contribution in [0.15, 0.2) is 42.9 Å². The van der Waals surface area contributed by atoms with E-state index in [9.17, 15) is 0 Å². The van der Waals surface area contributed by atoms with Gasteiger partial charge in [0, 0.05) is 54.1 Å². The molecule has 9 nitrogen and oxygen atoms in total. The lowest BCUT2D eigenvalue weighted by molar-refractivity contribution is 0.214. The van der Waals surface area contributed by atoms with Crippen molar-refractivity contribution in [2.45, 2.75) is 6.23 Å². The Balaban J connectivity index is 1.59. The molecule has 1 aliphatic heterocycles. The van der Waals surface area contributed by atoms with Gasteiger partial charge in [-0.05, 0) is 38.4 Å². The first-order chi connectivity index (χ1) is 16.7. The predicted molar refractivity (Wildman–Crippen MR) is 139 cm³/mol. The minimum absolute atomic E-state index is 0.204. The van der Waals surface area contributed by atoms with Crippen LogP contribution < -0.4 is 25.8 Å². The molecule has 0 fully saturated rings. The molecule has 1 aromatic carbocycles. The summed E-state index contributed by atoms with van der Waals surface area (Å²) in [5, 5.41) is 9.45. The maximum atomic E-state index is 8.85. The number of pyridine rings is 2. The minimum atomic E-state index is -0.934. The van der Waals surface area contributed by atoms with Gasteiger partial charge in [0.25, 0.3) is 0 Å². The van der Waals surface area contributed by atoms with Gasteiger partial charge >= 0.3 is 0 Å². The van der Waals surface area contributed by atoms with Crippen LogP contribution in [-0.4, -0.2) is 60.9 Å². The molecule has 0 saturated heterocycles. The summed E-state index contributed by atoms with van der Waals surface area (Å²) >= 11 is 12.4. The van der Waals surface area contributed by atoms with Gasteiger partial charge in [-0.25, -0.2) is 4.98 Å². The average molecular weight is 516 g/mol. The summed E-state index contributed by atoms with van der Waals surface area (Å²) in [6.45, 7) is 3.04. The van der Waals surface area contributed by atoms with Crippen molar-refractivity contribution in [3.05, 3.63) is 69.6 Å². The summed E-state index contributed by atoms with van der Waals surface area (Å²) in [6.07, 6.45) is 3.58. The zero-order valence-corrected chi connectivity index (χ0v) is 21.0. The fourth-order valence-electron chi connectivity index (χ4n) is 3.72. The van der Waals surface area contributed by atoms with E-state index in [2.05, 4.69) is 19.8 Å². The number of hydrogen-bond acceptors (Lipinski definition) is 9. The van der Waals surface area contributed by atoms with Crippen LogP contribution in [0.2, 0.25) is 10.0 Å². The van der Waals surface area contributed by atoms with Crippen LogP contribution in [0.1, 0.15) is 22.9 Å². The lowest BCUT2D eigenvalue weighted by Crippen LogP contribution is -2.38. The van der Waals surface area contributed by atoms with E-state index in [1.54, 1.807) is 24.4 Å². The summed E-state index contributed by atoms with van der Waals surface area (Å²) in [6, 6.07) is 6.92. The third kappa shape index (κ3) is 5.59. The topological polar surface area (TPSA) is 127 Å². The second-order valence-corrected chi connectivity index (χ2v) is 9.18. The molecule has 1 aliphatic rings. The molecule has 0 bridgehead atoms. The Bertz CT molecular complexity index is 1220. The van der Waals surface area contributed by atoms with E-state index in [4.69, 9.17) is 49.6 Å². The molecule has 0 amide bonds. The maximum Gasteiger partial charge on any atom is 0.237 e. The molecule has 3 aromatic rings. The summed E-state index contributed by atoms with van der Waals surface area (Å²) < 4.78 is 11.6. The highest BCUT2D eigenvalue weighted by atomic mass is 35.5. The Hall–Kier alpha value is -3.11. The first kappa shape index (κ1) is 25.0. The maximum absolute atomic E-state index is 8.85. The van der Waals surface area contributed by atoms with Crippen molar-refractivity contribution in [3.63, 3.8) is 0 Å². The lowest BCUT2D eigenvalue weighted by atomic mass is 10.0. The summed E-state index contributed by atoms with van der Waals surface area (Å²) in [4.78, 5) is 12.7. The highest BCUT2D eigenvalue weighted by Crippen LogP contribution is 2.33. The molecule has 0 radical (unpaired) electrons. The zero-order chi connectivity index (χ0) is 25.1. The number of likely N-dealkylation sites (N-methyl/N-ethyl adjacent to an activating group) is 1. The monoisotopic (exact) mass is 515 g/mol. The molecule has 0 spiro atoms. The average Bonchev–Trinajstić information content (AvgIpc) is 2.83. The van der Waals surface area contributed by atoms with Gasteiger partial charge in [0.1, 0.15) is 18.0 Å². The van der Waals surface area contributed by atoms with E-state index in [0.29, 0.717) is 50.7 Å². The van der Waals surface area contributed by atoms with E-state index >= 15 is 0 Å². The van der Waals surface area contributed by atoms with Crippen molar-refractivity contribution >= 4 is 40.3 Å². The number of nitrogens with two attached hydrogens (primary N) is 2. The molecule has 0 saturated carbocycles. The zero-order valence-electron chi connectivity index (χ0n) is 19.5. The largest absolute Gasteiger partial charge is 0.474 e. The number of aromatic nitrogens is 2. The number of fused-ring (bicyclic) bond motifs is 1. The quantitative estimate of drug-likeness (QED) is 0.236. The molecule has 0 aliphatic carbocycles. The minimum Gasteiger partial charge on any atom is -0.474 e. The highest BCUT2D eigenvalue weighted by molar-refractivity contribution is 6.35. The van der Waals surface area contributed by atoms with Crippen LogP contribution in [0.4, 0.5) is 11.4 Å². The van der Waals surface area contributed by atoms with Gasteiger partial charge in [-0.2, -0.15) is 0 Å². The van der Waals surface area contributed by atoms with Crippen molar-refractivity contribution in [1.29, 1.82) is 5.41 Å². The summed E-state index contributed by atoms with van der Waals surface area (Å²) in [5.74, 6) is 0.978. The standard InChI is InChI=1S/C24H27Cl2N7O2/c1-32(2)5-6-33-7-8-34-24-20(33)9-14(11-31-24)22(28)16-10-15(3-4-19(16)27)35-23(29)21-17(25)12-30-13-18(21)26/h3-4,9-13,23,28H,5-8,27,29H2,1-2H3/t23-/m0/s1. The highest BCUT2D eigenvalue weighted by Gasteiger charge is 2.22. The van der Waals surface area contributed by atoms with Gasteiger partial charge in [-0.15, -0.1) is 0 Å². The van der Waals surface area contributed by atoms with E-state index in [1.165, 1.54) is 12.4 Å². The molecule has 1 atom stereocenters. The molecule has 5 N–H and O–H groups in total. The predicted octanol–water partition coefficient (Wildman–Crippen LogP) is 3.58. The van der Waals surface area contributed by atoms with Gasteiger partial charge in [0.15, 0.2) is 6.23 Å². The van der Waals surface area contributed by atoms with E-state index in [0.717, 1.165) is 25.3 Å². The number of nitrogens with zero attached hydrogens (tertiary/aromatic N) is 4. The molecule has 2 aromatic heterocycles. The normalized spacial score (nSPS) is 13.8. The van der Waals surface area contributed by atoms with Crippen molar-refractivity contribution in [2.75, 3.05) is 51.0 Å². The van der Waals surface area contributed by atoms with Crippen molar-refractivity contribution < 1.29 is 9.47 Å². The van der Waals surface area contributed by atoms with Gasteiger partial charge in [-0.1, -0.05) is 23.2 Å². The molecule has 3 heterocycles. The molecule has 11 heteroatoms. The van der Waals surface area contributed by atoms with Gasteiger partial charge in [0.05, 0.1) is 22.3 Å². The molecule has 0 unspecified atom stereocenters. The van der Waals surface area contributed by atoms with Crippen LogP contribution in [0.3, 0.4) is 0 Å². The number of halogens is 2. The number of benzene rings is 1. The summed E-state index contributed by atoms with van der Waals surface area (Å²) in [7, 11) is 4.07. The first-order valence-electron chi connectivity index (χ1n) is 11.0. The Labute approximate surface area is 214 Å². The molecule has 35 heavy (non-hydrogen) atoms. The van der Waals surface area contributed by atoms with E-state index < -0.39 is 6.23 Å². The van der Waals surface area contributed by atoms with Crippen LogP contribution in [-0.2, 0) is 0 Å². The van der Waals surface area contributed by atoms with Crippen LogP contribution in [0, 0.1) is 5.41 Å². The summed E-state index contributed by atoms with van der Waals surface area (Å²) in [5.41, 5.74) is 15.4. The van der Waals surface area contributed by atoms with Crippen LogP contribution in [0.5, 0.6) is 11.6 Å². The molecular formula is C24H27Cl2N7O2. The number of anilines is 2.